The van der Waals surface area contributed by atoms with E-state index in [2.05, 4.69) is 21.2 Å². The Bertz CT molecular complexity index is 1270. The van der Waals surface area contributed by atoms with Crippen molar-refractivity contribution in [1.29, 1.82) is 5.26 Å². The van der Waals surface area contributed by atoms with E-state index in [0.717, 1.165) is 17.7 Å². The number of carbonyl (C=O) groups excluding carboxylic acids is 1. The second kappa shape index (κ2) is 11.0. The number of hydrogen-bond acceptors (Lipinski definition) is 5. The minimum Gasteiger partial charge on any atom is -0.488 e. The topological polar surface area (TPSA) is 105 Å². The molecule has 0 unspecified atom stereocenters. The number of nitrogens with one attached hydrogen (secondary N) is 1. The van der Waals surface area contributed by atoms with E-state index in [0.29, 0.717) is 22.4 Å². The number of hydrogen-bond donors (Lipinski definition) is 1. The summed E-state index contributed by atoms with van der Waals surface area (Å²) >= 11 is 15.5. The average molecular weight is 547 g/mol. The van der Waals surface area contributed by atoms with Crippen molar-refractivity contribution in [3.05, 3.63) is 102 Å². The number of nitrogens with zero attached hydrogens (tertiary/aromatic N) is 2. The van der Waals surface area contributed by atoms with E-state index in [4.69, 9.17) is 27.9 Å². The summed E-state index contributed by atoms with van der Waals surface area (Å²) in [4.78, 5) is 22.8. The molecule has 3 rings (SSSR count). The highest BCUT2D eigenvalue weighted by atomic mass is 79.9. The molecule has 0 aromatic heterocycles. The second-order valence-electron chi connectivity index (χ2n) is 6.63. The van der Waals surface area contributed by atoms with E-state index in [1.807, 2.05) is 36.4 Å². The molecule has 0 aliphatic rings. The van der Waals surface area contributed by atoms with Crippen LogP contribution in [0.5, 0.6) is 5.75 Å². The fourth-order valence-corrected chi connectivity index (χ4v) is 3.82. The Labute approximate surface area is 207 Å². The zero-order valence-corrected chi connectivity index (χ0v) is 19.8. The molecule has 0 aliphatic heterocycles. The third-order valence-electron chi connectivity index (χ3n) is 4.35. The fourth-order valence-electron chi connectivity index (χ4n) is 2.74. The minimum atomic E-state index is -0.768. The van der Waals surface area contributed by atoms with Crippen LogP contribution in [-0.4, -0.2) is 10.8 Å². The van der Waals surface area contributed by atoms with Crippen LogP contribution in [0.15, 0.2) is 70.7 Å². The number of ether oxygens (including phenoxy) is 1. The van der Waals surface area contributed by atoms with Crippen molar-refractivity contribution in [3.8, 4) is 11.8 Å². The quantitative estimate of drug-likeness (QED) is 0.152. The van der Waals surface area contributed by atoms with Gasteiger partial charge in [0.05, 0.1) is 25.1 Å². The van der Waals surface area contributed by atoms with Gasteiger partial charge in [-0.2, -0.15) is 5.26 Å². The van der Waals surface area contributed by atoms with Crippen molar-refractivity contribution in [2.45, 2.75) is 6.61 Å². The van der Waals surface area contributed by atoms with Crippen molar-refractivity contribution in [1.82, 2.24) is 0 Å². The maximum Gasteiger partial charge on any atom is 0.272 e. The van der Waals surface area contributed by atoms with Crippen molar-refractivity contribution >= 4 is 62.5 Å². The first-order chi connectivity index (χ1) is 15.8. The van der Waals surface area contributed by atoms with E-state index >= 15 is 0 Å². The summed E-state index contributed by atoms with van der Waals surface area (Å²) in [5.74, 6) is -0.168. The van der Waals surface area contributed by atoms with Crippen LogP contribution in [0.4, 0.5) is 11.4 Å². The molecule has 0 bridgehead atoms. The molecule has 0 saturated carbocycles. The van der Waals surface area contributed by atoms with Gasteiger partial charge in [-0.15, -0.1) is 0 Å². The predicted molar refractivity (Wildman–Crippen MR) is 130 cm³/mol. The molecule has 0 spiro atoms. The molecule has 3 aromatic rings. The molecular weight excluding hydrogens is 533 g/mol. The Balaban J connectivity index is 1.76. The van der Waals surface area contributed by atoms with Gasteiger partial charge in [0.1, 0.15) is 24.0 Å². The zero-order chi connectivity index (χ0) is 24.0. The monoisotopic (exact) mass is 545 g/mol. The van der Waals surface area contributed by atoms with E-state index in [-0.39, 0.29) is 27.0 Å². The summed E-state index contributed by atoms with van der Waals surface area (Å²) in [6.45, 7) is 0.386. The Kier molecular flexibility index (Phi) is 8.06. The summed E-state index contributed by atoms with van der Waals surface area (Å²) < 4.78 is 6.44. The molecule has 0 saturated heterocycles. The van der Waals surface area contributed by atoms with Gasteiger partial charge in [-0.3, -0.25) is 14.9 Å². The molecule has 0 atom stereocenters. The van der Waals surface area contributed by atoms with Gasteiger partial charge in [0.25, 0.3) is 11.6 Å². The van der Waals surface area contributed by atoms with Gasteiger partial charge < -0.3 is 10.1 Å². The Morgan fingerprint density at radius 3 is 2.39 bits per heavy atom. The highest BCUT2D eigenvalue weighted by Gasteiger charge is 2.18. The van der Waals surface area contributed by atoms with Crippen molar-refractivity contribution in [2.24, 2.45) is 0 Å². The van der Waals surface area contributed by atoms with Gasteiger partial charge in [0.2, 0.25) is 0 Å². The summed E-state index contributed by atoms with van der Waals surface area (Å²) in [5.41, 5.74) is 1.02. The SMILES string of the molecule is N#C/C(=C\c1ccc(OCc2ccccc2)c(Br)c1)C(=O)Nc1c(Cl)cc([N+](=O)[O-])cc1Cl. The van der Waals surface area contributed by atoms with Crippen molar-refractivity contribution in [3.63, 3.8) is 0 Å². The summed E-state index contributed by atoms with van der Waals surface area (Å²) in [6.07, 6.45) is 1.38. The van der Waals surface area contributed by atoms with E-state index in [1.165, 1.54) is 6.08 Å². The molecule has 1 N–H and O–H groups in total. The van der Waals surface area contributed by atoms with Crippen molar-refractivity contribution in [2.75, 3.05) is 5.32 Å². The molecule has 0 radical (unpaired) electrons. The van der Waals surface area contributed by atoms with Gasteiger partial charge in [-0.05, 0) is 45.3 Å². The number of halogens is 3. The zero-order valence-electron chi connectivity index (χ0n) is 16.7. The minimum absolute atomic E-state index is 0.0269. The van der Waals surface area contributed by atoms with E-state index in [9.17, 15) is 20.2 Å². The van der Waals surface area contributed by atoms with Crippen LogP contribution in [0.2, 0.25) is 10.0 Å². The van der Waals surface area contributed by atoms with Gasteiger partial charge in [0, 0.05) is 12.1 Å². The first-order valence-electron chi connectivity index (χ1n) is 9.31. The number of non-ortho nitro benzene ring substituents is 1. The highest BCUT2D eigenvalue weighted by Crippen LogP contribution is 2.35. The number of rotatable bonds is 7. The summed E-state index contributed by atoms with van der Waals surface area (Å²) in [5, 5.41) is 22.5. The molecular formula is C23H14BrCl2N3O4. The lowest BCUT2D eigenvalue weighted by atomic mass is 10.1. The van der Waals surface area contributed by atoms with Gasteiger partial charge >= 0.3 is 0 Å². The van der Waals surface area contributed by atoms with Crippen LogP contribution in [0.3, 0.4) is 0 Å². The van der Waals surface area contributed by atoms with Gasteiger partial charge in [-0.25, -0.2) is 0 Å². The maximum atomic E-state index is 12.6. The number of carbonyl (C=O) groups is 1. The van der Waals surface area contributed by atoms with Crippen LogP contribution in [0, 0.1) is 21.4 Å². The first kappa shape index (κ1) is 24.3. The molecule has 10 heteroatoms. The number of anilines is 1. The average Bonchev–Trinajstić information content (AvgIpc) is 2.79. The normalized spacial score (nSPS) is 10.9. The summed E-state index contributed by atoms with van der Waals surface area (Å²) in [6, 6.07) is 18.7. The van der Waals surface area contributed by atoms with E-state index in [1.54, 1.807) is 18.2 Å². The number of nitro groups is 1. The predicted octanol–water partition coefficient (Wildman–Crippen LogP) is 6.79. The van der Waals surface area contributed by atoms with Crippen LogP contribution < -0.4 is 10.1 Å². The lowest BCUT2D eigenvalue weighted by Crippen LogP contribution is -2.14. The molecule has 7 nitrogen and oxygen atoms in total. The Morgan fingerprint density at radius 2 is 1.82 bits per heavy atom. The lowest BCUT2D eigenvalue weighted by Gasteiger charge is -2.10. The lowest BCUT2D eigenvalue weighted by molar-refractivity contribution is -0.384. The van der Waals surface area contributed by atoms with Crippen LogP contribution in [0.1, 0.15) is 11.1 Å². The Hall–Kier alpha value is -3.38. The standard InChI is InChI=1S/C23H14BrCl2N3O4/c24-18-9-15(6-7-21(18)33-13-14-4-2-1-3-5-14)8-16(12-27)23(30)28-22-19(25)10-17(29(31)32)11-20(22)26/h1-11H,13H2,(H,28,30)/b16-8+. The third kappa shape index (κ3) is 6.33. The smallest absolute Gasteiger partial charge is 0.272 e. The number of amides is 1. The largest absolute Gasteiger partial charge is 0.488 e. The van der Waals surface area contributed by atoms with Crippen LogP contribution in [0.25, 0.3) is 6.08 Å². The third-order valence-corrected chi connectivity index (χ3v) is 5.56. The second-order valence-corrected chi connectivity index (χ2v) is 8.30. The molecule has 1 amide bonds. The molecule has 0 aliphatic carbocycles. The molecule has 33 heavy (non-hydrogen) atoms. The van der Waals surface area contributed by atoms with Gasteiger partial charge in [0.15, 0.2) is 0 Å². The number of nitro benzene ring substituents is 1. The van der Waals surface area contributed by atoms with E-state index < -0.39 is 10.8 Å². The van der Waals surface area contributed by atoms with Crippen LogP contribution in [-0.2, 0) is 11.4 Å². The molecule has 3 aromatic carbocycles. The molecule has 0 heterocycles. The Morgan fingerprint density at radius 1 is 1.15 bits per heavy atom. The number of benzene rings is 3. The van der Waals surface area contributed by atoms with Crippen LogP contribution >= 0.6 is 39.1 Å². The molecule has 166 valence electrons. The summed E-state index contributed by atoms with van der Waals surface area (Å²) in [7, 11) is 0. The molecule has 0 fully saturated rings. The fraction of sp³-hybridized carbons (Fsp3) is 0.0435. The van der Waals surface area contributed by atoms with Crippen molar-refractivity contribution < 1.29 is 14.5 Å². The first-order valence-corrected chi connectivity index (χ1v) is 10.9. The maximum absolute atomic E-state index is 12.6. The highest BCUT2D eigenvalue weighted by molar-refractivity contribution is 9.10. The van der Waals surface area contributed by atoms with Gasteiger partial charge in [-0.1, -0.05) is 59.6 Å². The number of nitriles is 1.